The van der Waals surface area contributed by atoms with Gasteiger partial charge in [0.2, 0.25) is 0 Å². The van der Waals surface area contributed by atoms with Crippen LogP contribution < -0.4 is 5.32 Å². The van der Waals surface area contributed by atoms with Gasteiger partial charge < -0.3 is 5.32 Å². The third-order valence-electron chi connectivity index (χ3n) is 3.63. The second-order valence-corrected chi connectivity index (χ2v) is 4.92. The summed E-state index contributed by atoms with van der Waals surface area (Å²) < 4.78 is 3.91. The van der Waals surface area contributed by atoms with Gasteiger partial charge in [-0.05, 0) is 26.0 Å². The monoisotopic (exact) mass is 270 g/mol. The summed E-state index contributed by atoms with van der Waals surface area (Å²) in [6, 6.07) is 5.89. The zero-order chi connectivity index (χ0) is 14.1. The van der Waals surface area contributed by atoms with Crippen molar-refractivity contribution in [2.45, 2.75) is 26.9 Å². The first-order chi connectivity index (χ1) is 9.66. The highest BCUT2D eigenvalue weighted by Crippen LogP contribution is 2.11. The summed E-state index contributed by atoms with van der Waals surface area (Å²) in [5.74, 6) is 0.916. The number of hydrogen-bond acceptors (Lipinski definition) is 4. The number of hydrogen-bond donors (Lipinski definition) is 1. The van der Waals surface area contributed by atoms with E-state index < -0.39 is 0 Å². The van der Waals surface area contributed by atoms with Gasteiger partial charge in [0.25, 0.3) is 0 Å². The molecule has 0 fully saturated rings. The second kappa shape index (κ2) is 5.05. The van der Waals surface area contributed by atoms with Crippen LogP contribution in [0.5, 0.6) is 0 Å². The summed E-state index contributed by atoms with van der Waals surface area (Å²) >= 11 is 0. The van der Waals surface area contributed by atoms with Crippen molar-refractivity contribution in [2.75, 3.05) is 0 Å². The fourth-order valence-electron chi connectivity index (χ4n) is 2.38. The van der Waals surface area contributed by atoms with Crippen LogP contribution in [0.1, 0.15) is 22.8 Å². The summed E-state index contributed by atoms with van der Waals surface area (Å²) in [7, 11) is 1.97. The van der Waals surface area contributed by atoms with Crippen molar-refractivity contribution < 1.29 is 0 Å². The molecule has 0 unspecified atom stereocenters. The molecule has 0 amide bonds. The maximum atomic E-state index is 4.42. The van der Waals surface area contributed by atoms with Gasteiger partial charge in [0.05, 0.1) is 12.2 Å². The number of nitrogens with zero attached hydrogens (tertiary/aromatic N) is 5. The smallest absolute Gasteiger partial charge is 0.160 e. The molecule has 0 saturated heterocycles. The molecule has 3 rings (SSSR count). The van der Waals surface area contributed by atoms with Crippen LogP contribution in [0.25, 0.3) is 5.65 Å². The predicted molar refractivity (Wildman–Crippen MR) is 76.2 cm³/mol. The lowest BCUT2D eigenvalue weighted by molar-refractivity contribution is 0.651. The lowest BCUT2D eigenvalue weighted by Crippen LogP contribution is -2.16. The van der Waals surface area contributed by atoms with E-state index >= 15 is 0 Å². The quantitative estimate of drug-likeness (QED) is 0.778. The summed E-state index contributed by atoms with van der Waals surface area (Å²) in [5.41, 5.74) is 4.39. The highest BCUT2D eigenvalue weighted by Gasteiger charge is 2.09. The van der Waals surface area contributed by atoms with Gasteiger partial charge in [0.1, 0.15) is 0 Å². The first kappa shape index (κ1) is 12.8. The minimum absolute atomic E-state index is 0.680. The van der Waals surface area contributed by atoms with Gasteiger partial charge >= 0.3 is 0 Å². The Morgan fingerprint density at radius 1 is 1.15 bits per heavy atom. The molecule has 0 aliphatic rings. The molecule has 0 atom stereocenters. The van der Waals surface area contributed by atoms with Crippen LogP contribution in [0.4, 0.5) is 0 Å². The highest BCUT2D eigenvalue weighted by molar-refractivity contribution is 5.37. The van der Waals surface area contributed by atoms with E-state index in [4.69, 9.17) is 0 Å². The molecule has 0 saturated carbocycles. The Balaban J connectivity index is 1.71. The van der Waals surface area contributed by atoms with E-state index in [1.54, 1.807) is 0 Å². The lowest BCUT2D eigenvalue weighted by atomic mass is 10.2. The van der Waals surface area contributed by atoms with E-state index in [0.29, 0.717) is 6.54 Å². The van der Waals surface area contributed by atoms with Crippen molar-refractivity contribution in [3.63, 3.8) is 0 Å². The summed E-state index contributed by atoms with van der Waals surface area (Å²) in [4.78, 5) is 0. The number of fused-ring (bicyclic) bond motifs is 1. The van der Waals surface area contributed by atoms with Gasteiger partial charge in [0, 0.05) is 31.0 Å². The third-order valence-corrected chi connectivity index (χ3v) is 3.63. The normalized spacial score (nSPS) is 11.3. The first-order valence-corrected chi connectivity index (χ1v) is 6.65. The Morgan fingerprint density at radius 3 is 2.75 bits per heavy atom. The Hall–Kier alpha value is -2.21. The van der Waals surface area contributed by atoms with Crippen LogP contribution >= 0.6 is 0 Å². The van der Waals surface area contributed by atoms with Gasteiger partial charge in [-0.15, -0.1) is 10.2 Å². The Labute approximate surface area is 117 Å². The molecule has 0 aliphatic carbocycles. The van der Waals surface area contributed by atoms with Crippen molar-refractivity contribution in [1.82, 2.24) is 29.7 Å². The standard InChI is InChI=1S/C14H18N6/c1-10-12(11(2)19(3)18-10)8-15-9-14-17-16-13-6-4-5-7-20(13)14/h4-7,15H,8-9H2,1-3H3. The van der Waals surface area contributed by atoms with Crippen molar-refractivity contribution >= 4 is 5.65 Å². The van der Waals surface area contributed by atoms with Crippen LogP contribution in [0, 0.1) is 13.8 Å². The number of aryl methyl sites for hydroxylation is 2. The summed E-state index contributed by atoms with van der Waals surface area (Å²) in [6.07, 6.45) is 1.98. The zero-order valence-corrected chi connectivity index (χ0v) is 12.0. The molecule has 0 bridgehead atoms. The molecule has 3 aromatic heterocycles. The molecule has 104 valence electrons. The minimum Gasteiger partial charge on any atom is -0.306 e. The molecular formula is C14H18N6. The van der Waals surface area contributed by atoms with Gasteiger partial charge in [-0.2, -0.15) is 5.10 Å². The van der Waals surface area contributed by atoms with E-state index in [2.05, 4.69) is 27.5 Å². The largest absolute Gasteiger partial charge is 0.306 e. The molecule has 6 heteroatoms. The number of nitrogens with one attached hydrogen (secondary N) is 1. The molecule has 3 heterocycles. The first-order valence-electron chi connectivity index (χ1n) is 6.65. The van der Waals surface area contributed by atoms with Gasteiger partial charge in [-0.1, -0.05) is 6.07 Å². The number of rotatable bonds is 4. The van der Waals surface area contributed by atoms with E-state index in [1.807, 2.05) is 47.4 Å². The molecule has 0 aliphatic heterocycles. The lowest BCUT2D eigenvalue weighted by Gasteiger charge is -2.04. The van der Waals surface area contributed by atoms with Crippen molar-refractivity contribution in [3.8, 4) is 0 Å². The van der Waals surface area contributed by atoms with E-state index in [0.717, 1.165) is 23.7 Å². The fourth-order valence-corrected chi connectivity index (χ4v) is 2.38. The second-order valence-electron chi connectivity index (χ2n) is 4.92. The topological polar surface area (TPSA) is 60.0 Å². The van der Waals surface area contributed by atoms with E-state index in [1.165, 1.54) is 11.3 Å². The zero-order valence-electron chi connectivity index (χ0n) is 12.0. The molecule has 0 radical (unpaired) electrons. The molecule has 0 spiro atoms. The Morgan fingerprint density at radius 2 is 2.00 bits per heavy atom. The third kappa shape index (κ3) is 2.18. The van der Waals surface area contributed by atoms with Gasteiger partial charge in [-0.3, -0.25) is 9.08 Å². The fraction of sp³-hybridized carbons (Fsp3) is 0.357. The molecule has 0 aromatic carbocycles. The van der Waals surface area contributed by atoms with Gasteiger partial charge in [-0.25, -0.2) is 0 Å². The van der Waals surface area contributed by atoms with Crippen LogP contribution in [0.15, 0.2) is 24.4 Å². The average Bonchev–Trinajstić information content (AvgIpc) is 2.95. The van der Waals surface area contributed by atoms with E-state index in [-0.39, 0.29) is 0 Å². The van der Waals surface area contributed by atoms with Crippen molar-refractivity contribution in [3.05, 3.63) is 47.2 Å². The van der Waals surface area contributed by atoms with Crippen LogP contribution in [-0.2, 0) is 20.1 Å². The van der Waals surface area contributed by atoms with Crippen LogP contribution in [0.2, 0.25) is 0 Å². The van der Waals surface area contributed by atoms with Crippen LogP contribution in [0.3, 0.4) is 0 Å². The highest BCUT2D eigenvalue weighted by atomic mass is 15.3. The van der Waals surface area contributed by atoms with E-state index in [9.17, 15) is 0 Å². The SMILES string of the molecule is Cc1nn(C)c(C)c1CNCc1nnc2ccccn12. The van der Waals surface area contributed by atoms with Crippen molar-refractivity contribution in [1.29, 1.82) is 0 Å². The van der Waals surface area contributed by atoms with Crippen LogP contribution in [-0.4, -0.2) is 24.4 Å². The Bertz CT molecular complexity index is 739. The molecular weight excluding hydrogens is 252 g/mol. The average molecular weight is 270 g/mol. The van der Waals surface area contributed by atoms with Gasteiger partial charge in [0.15, 0.2) is 11.5 Å². The minimum atomic E-state index is 0.680. The molecule has 6 nitrogen and oxygen atoms in total. The molecule has 3 aromatic rings. The number of pyridine rings is 1. The Kier molecular flexibility index (Phi) is 3.23. The summed E-state index contributed by atoms with van der Waals surface area (Å²) in [6.45, 7) is 5.59. The predicted octanol–water partition coefficient (Wildman–Crippen LogP) is 1.37. The molecule has 1 N–H and O–H groups in total. The number of aromatic nitrogens is 5. The molecule has 20 heavy (non-hydrogen) atoms. The maximum absolute atomic E-state index is 4.42. The maximum Gasteiger partial charge on any atom is 0.160 e. The van der Waals surface area contributed by atoms with Crippen molar-refractivity contribution in [2.24, 2.45) is 7.05 Å². The summed E-state index contributed by atoms with van der Waals surface area (Å²) in [5, 5.41) is 16.2.